The lowest BCUT2D eigenvalue weighted by molar-refractivity contribution is 0.0967. The monoisotopic (exact) mass is 489 g/mol. The molecule has 2 aliphatic carbocycles. The van der Waals surface area contributed by atoms with Crippen molar-refractivity contribution in [1.82, 2.24) is 39.7 Å². The van der Waals surface area contributed by atoms with Crippen molar-refractivity contribution in [1.29, 1.82) is 0 Å². The standard InChI is InChI=1S/C25H31N9O2/c1-14-13-27-33(4)21(14)20-15(2)28-23(34-10-9-26-22(20)34)29-19-12-18(31-32-19)16-5-6-17(11-16)36-24(35)30-25(3)7-8-25/h9-10,12-13,16-17H,5-8,11H2,1-4H3,(H,30,35)(H2,28,29,31,32). The first-order chi connectivity index (χ1) is 17.3. The molecule has 0 aliphatic heterocycles. The number of aromatic amines is 1. The van der Waals surface area contributed by atoms with E-state index in [9.17, 15) is 4.79 Å². The van der Waals surface area contributed by atoms with E-state index in [-0.39, 0.29) is 23.7 Å². The van der Waals surface area contributed by atoms with Crippen molar-refractivity contribution < 1.29 is 9.53 Å². The summed E-state index contributed by atoms with van der Waals surface area (Å²) in [6.07, 6.45) is 9.75. The number of hydrogen-bond acceptors (Lipinski definition) is 7. The van der Waals surface area contributed by atoms with Crippen LogP contribution in [0.5, 0.6) is 0 Å². The molecule has 6 rings (SSSR count). The summed E-state index contributed by atoms with van der Waals surface area (Å²) >= 11 is 0. The summed E-state index contributed by atoms with van der Waals surface area (Å²) in [7, 11) is 1.93. The van der Waals surface area contributed by atoms with Crippen LogP contribution < -0.4 is 10.6 Å². The van der Waals surface area contributed by atoms with Gasteiger partial charge in [0.25, 0.3) is 0 Å². The molecule has 1 amide bonds. The van der Waals surface area contributed by atoms with Crippen LogP contribution in [0.15, 0.2) is 24.7 Å². The number of carbonyl (C=O) groups is 1. The Hall–Kier alpha value is -3.89. The van der Waals surface area contributed by atoms with Gasteiger partial charge in [-0.25, -0.2) is 14.8 Å². The van der Waals surface area contributed by atoms with Crippen LogP contribution in [0.4, 0.5) is 16.6 Å². The number of aryl methyl sites for hydroxylation is 3. The molecule has 11 heteroatoms. The van der Waals surface area contributed by atoms with E-state index in [0.29, 0.717) is 11.8 Å². The SMILES string of the molecule is Cc1cnn(C)c1-c1c(C)nc(Nc2cc(C3CCC(OC(=O)NC4(C)CC4)C3)[nH]n2)n2ccnc12. The number of nitrogens with one attached hydrogen (secondary N) is 3. The molecule has 2 aliphatic rings. The van der Waals surface area contributed by atoms with Crippen molar-refractivity contribution >= 4 is 23.5 Å². The number of hydrogen-bond donors (Lipinski definition) is 3. The van der Waals surface area contributed by atoms with Gasteiger partial charge in [0.15, 0.2) is 11.5 Å². The van der Waals surface area contributed by atoms with E-state index in [0.717, 1.165) is 66.0 Å². The van der Waals surface area contributed by atoms with E-state index in [4.69, 9.17) is 9.72 Å². The van der Waals surface area contributed by atoms with Crippen LogP contribution in [0, 0.1) is 13.8 Å². The summed E-state index contributed by atoms with van der Waals surface area (Å²) < 4.78 is 9.45. The molecule has 2 fully saturated rings. The highest BCUT2D eigenvalue weighted by Crippen LogP contribution is 2.38. The van der Waals surface area contributed by atoms with Crippen molar-refractivity contribution in [2.24, 2.45) is 7.05 Å². The Kier molecular flexibility index (Phi) is 5.24. The smallest absolute Gasteiger partial charge is 0.407 e. The van der Waals surface area contributed by atoms with Gasteiger partial charge in [0.2, 0.25) is 5.95 Å². The molecular formula is C25H31N9O2. The van der Waals surface area contributed by atoms with Crippen molar-refractivity contribution in [3.8, 4) is 11.3 Å². The second kappa shape index (κ2) is 8.35. The first-order valence-corrected chi connectivity index (χ1v) is 12.4. The first-order valence-electron chi connectivity index (χ1n) is 12.4. The van der Waals surface area contributed by atoms with Crippen molar-refractivity contribution in [2.45, 2.75) is 70.4 Å². The maximum absolute atomic E-state index is 12.2. The zero-order chi connectivity index (χ0) is 25.0. The van der Waals surface area contributed by atoms with Crippen molar-refractivity contribution in [3.63, 3.8) is 0 Å². The molecule has 4 heterocycles. The molecule has 4 aromatic rings. The number of nitrogens with zero attached hydrogens (tertiary/aromatic N) is 6. The average Bonchev–Trinajstić information content (AvgIpc) is 3.36. The Morgan fingerprint density at radius 3 is 2.86 bits per heavy atom. The highest BCUT2D eigenvalue weighted by atomic mass is 16.6. The van der Waals surface area contributed by atoms with Gasteiger partial charge < -0.3 is 15.4 Å². The van der Waals surface area contributed by atoms with Gasteiger partial charge in [0.05, 0.1) is 23.1 Å². The van der Waals surface area contributed by atoms with Crippen LogP contribution in [0.2, 0.25) is 0 Å². The largest absolute Gasteiger partial charge is 0.446 e. The summed E-state index contributed by atoms with van der Waals surface area (Å²) in [5.41, 5.74) is 5.65. The van der Waals surface area contributed by atoms with Crippen LogP contribution in [0.1, 0.15) is 61.9 Å². The fourth-order valence-corrected chi connectivity index (χ4v) is 5.16. The number of anilines is 2. The van der Waals surface area contributed by atoms with Gasteiger partial charge in [0.1, 0.15) is 6.10 Å². The molecule has 2 atom stereocenters. The van der Waals surface area contributed by atoms with Gasteiger partial charge in [-0.1, -0.05) is 0 Å². The molecular weight excluding hydrogens is 458 g/mol. The number of aromatic nitrogens is 7. The second-order valence-electron chi connectivity index (χ2n) is 10.4. The highest BCUT2D eigenvalue weighted by Gasteiger charge is 2.40. The molecule has 2 unspecified atom stereocenters. The number of ether oxygens (including phenoxy) is 1. The molecule has 36 heavy (non-hydrogen) atoms. The van der Waals surface area contributed by atoms with Crippen molar-refractivity contribution in [2.75, 3.05) is 5.32 Å². The Morgan fingerprint density at radius 1 is 1.28 bits per heavy atom. The molecule has 2 saturated carbocycles. The van der Waals surface area contributed by atoms with Gasteiger partial charge in [-0.05, 0) is 58.4 Å². The molecule has 0 radical (unpaired) electrons. The molecule has 0 aromatic carbocycles. The molecule has 0 saturated heterocycles. The second-order valence-corrected chi connectivity index (χ2v) is 10.4. The van der Waals surface area contributed by atoms with E-state index in [1.165, 1.54) is 0 Å². The number of rotatable bonds is 6. The van der Waals surface area contributed by atoms with E-state index in [1.54, 1.807) is 6.20 Å². The quantitative estimate of drug-likeness (QED) is 0.372. The number of fused-ring (bicyclic) bond motifs is 1. The fraction of sp³-hybridized carbons (Fsp3) is 0.480. The third kappa shape index (κ3) is 4.08. The summed E-state index contributed by atoms with van der Waals surface area (Å²) in [6.45, 7) is 6.07. The molecule has 3 N–H and O–H groups in total. The Morgan fingerprint density at radius 2 is 2.11 bits per heavy atom. The van der Waals surface area contributed by atoms with Crippen LogP contribution >= 0.6 is 0 Å². The number of carbonyl (C=O) groups excluding carboxylic acids is 1. The average molecular weight is 490 g/mol. The van der Waals surface area contributed by atoms with E-state index >= 15 is 0 Å². The predicted octanol–water partition coefficient (Wildman–Crippen LogP) is 4.13. The van der Waals surface area contributed by atoms with E-state index < -0.39 is 0 Å². The lowest BCUT2D eigenvalue weighted by Crippen LogP contribution is -2.36. The van der Waals surface area contributed by atoms with Crippen LogP contribution in [-0.4, -0.2) is 52.1 Å². The van der Waals surface area contributed by atoms with Crippen LogP contribution in [0.25, 0.3) is 16.9 Å². The Balaban J connectivity index is 1.18. The van der Waals surface area contributed by atoms with E-state index in [2.05, 4.69) is 30.9 Å². The molecule has 4 aromatic heterocycles. The maximum atomic E-state index is 12.2. The minimum Gasteiger partial charge on any atom is -0.446 e. The lowest BCUT2D eigenvalue weighted by Gasteiger charge is -2.16. The number of amides is 1. The predicted molar refractivity (Wildman–Crippen MR) is 134 cm³/mol. The van der Waals surface area contributed by atoms with Gasteiger partial charge in [-0.3, -0.25) is 14.2 Å². The van der Waals surface area contributed by atoms with Gasteiger partial charge in [-0.2, -0.15) is 10.2 Å². The first kappa shape index (κ1) is 22.6. The third-order valence-electron chi connectivity index (χ3n) is 7.43. The van der Waals surface area contributed by atoms with E-state index in [1.807, 2.05) is 55.4 Å². The van der Waals surface area contributed by atoms with Crippen LogP contribution in [-0.2, 0) is 11.8 Å². The summed E-state index contributed by atoms with van der Waals surface area (Å²) in [6, 6.07) is 2.01. The minimum atomic E-state index is -0.303. The number of H-pyrrole nitrogens is 1. The van der Waals surface area contributed by atoms with Gasteiger partial charge >= 0.3 is 6.09 Å². The normalized spacial score (nSPS) is 20.6. The van der Waals surface area contributed by atoms with Gasteiger partial charge in [0, 0.05) is 42.7 Å². The topological polar surface area (TPSA) is 127 Å². The van der Waals surface area contributed by atoms with Gasteiger partial charge in [-0.15, -0.1) is 0 Å². The molecule has 0 spiro atoms. The molecule has 11 nitrogen and oxygen atoms in total. The molecule has 188 valence electrons. The van der Waals surface area contributed by atoms with Crippen LogP contribution in [0.3, 0.4) is 0 Å². The summed E-state index contributed by atoms with van der Waals surface area (Å²) in [4.78, 5) is 21.6. The minimum absolute atomic E-state index is 0.0686. The Labute approximate surface area is 208 Å². The summed E-state index contributed by atoms with van der Waals surface area (Å²) in [5, 5.41) is 18.3. The van der Waals surface area contributed by atoms with Crippen molar-refractivity contribution in [3.05, 3.63) is 41.6 Å². The molecule has 0 bridgehead atoms. The Bertz CT molecular complexity index is 1430. The number of alkyl carbamates (subject to hydrolysis) is 1. The zero-order valence-corrected chi connectivity index (χ0v) is 21.0. The lowest BCUT2D eigenvalue weighted by atomic mass is 10.0. The zero-order valence-electron chi connectivity index (χ0n) is 21.0. The maximum Gasteiger partial charge on any atom is 0.407 e. The highest BCUT2D eigenvalue weighted by molar-refractivity contribution is 5.80. The third-order valence-corrected chi connectivity index (χ3v) is 7.43. The fourth-order valence-electron chi connectivity index (χ4n) is 5.16. The number of imidazole rings is 1. The summed E-state index contributed by atoms with van der Waals surface area (Å²) in [5.74, 6) is 1.58.